The van der Waals surface area contributed by atoms with Crippen molar-refractivity contribution < 1.29 is 19.1 Å². The summed E-state index contributed by atoms with van der Waals surface area (Å²) in [7, 11) is 1.94. The third-order valence-corrected chi connectivity index (χ3v) is 7.39. The van der Waals surface area contributed by atoms with E-state index in [2.05, 4.69) is 32.0 Å². The second kappa shape index (κ2) is 16.0. The molecule has 0 bridgehead atoms. The number of benzene rings is 1. The largest absolute Gasteiger partial charge is 0.487 e. The van der Waals surface area contributed by atoms with Crippen LogP contribution in [0.4, 0.5) is 4.79 Å². The number of rotatable bonds is 7. The molecule has 1 saturated heterocycles. The minimum absolute atomic E-state index is 0.132. The van der Waals surface area contributed by atoms with Crippen LogP contribution in [0.2, 0.25) is 0 Å². The first kappa shape index (κ1) is 33.8. The Hall–Kier alpha value is -2.24. The van der Waals surface area contributed by atoms with Crippen LogP contribution < -0.4 is 4.74 Å². The lowest BCUT2D eigenvalue weighted by molar-refractivity contribution is -0.134. The normalized spacial score (nSPS) is 17.8. The van der Waals surface area contributed by atoms with Gasteiger partial charge in [-0.1, -0.05) is 59.7 Å². The summed E-state index contributed by atoms with van der Waals surface area (Å²) in [5, 5.41) is 0. The molecular weight excluding hydrogens is 476 g/mol. The quantitative estimate of drug-likeness (QED) is 0.356. The van der Waals surface area contributed by atoms with Crippen molar-refractivity contribution in [3.63, 3.8) is 0 Å². The van der Waals surface area contributed by atoms with E-state index in [1.807, 2.05) is 71.4 Å². The zero-order valence-corrected chi connectivity index (χ0v) is 26.1. The predicted octanol–water partition coefficient (Wildman–Crippen LogP) is 8.05. The molecule has 1 fully saturated rings. The molecule has 218 valence electrons. The predicted molar refractivity (Wildman–Crippen MR) is 158 cm³/mol. The maximum absolute atomic E-state index is 12.7. The molecule has 6 heteroatoms. The highest BCUT2D eigenvalue weighted by atomic mass is 16.6. The molecule has 0 saturated carbocycles. The van der Waals surface area contributed by atoms with Crippen molar-refractivity contribution in [1.82, 2.24) is 9.80 Å². The Kier molecular flexibility index (Phi) is 14.2. The number of likely N-dealkylation sites (tertiary alicyclic amines) is 1. The average molecular weight is 533 g/mol. The van der Waals surface area contributed by atoms with Gasteiger partial charge in [0.2, 0.25) is 5.91 Å². The molecule has 38 heavy (non-hydrogen) atoms. The number of hydrogen-bond donors (Lipinski definition) is 0. The molecule has 2 amide bonds. The summed E-state index contributed by atoms with van der Waals surface area (Å²) in [6.45, 7) is 20.0. The lowest BCUT2D eigenvalue weighted by Crippen LogP contribution is -2.52. The van der Waals surface area contributed by atoms with Crippen molar-refractivity contribution in [3.05, 3.63) is 29.8 Å². The minimum Gasteiger partial charge on any atom is -0.487 e. The summed E-state index contributed by atoms with van der Waals surface area (Å²) in [6, 6.07) is 8.38. The van der Waals surface area contributed by atoms with Crippen LogP contribution in [0.3, 0.4) is 0 Å². The van der Waals surface area contributed by atoms with Crippen molar-refractivity contribution >= 4 is 12.0 Å². The summed E-state index contributed by atoms with van der Waals surface area (Å²) < 4.78 is 12.2. The van der Waals surface area contributed by atoms with E-state index in [1.165, 1.54) is 5.56 Å². The number of fused-ring (bicyclic) bond motifs is 1. The molecule has 2 heterocycles. The standard InChI is InChI=1S/C28H44N2O4.2C2H6/c1-7-21(8-2)25(31)29(6)17-11-12-22-20-28(33-24-14-10-9-13-23(22)24)15-18-30(19-16-28)26(32)34-27(3,4)5;2*1-2/h9-10,13-14,21-22H,7-8,11-12,15-20H2,1-6H3;2*1-2H3. The number of carbonyl (C=O) groups excluding carboxylic acids is 2. The van der Waals surface area contributed by atoms with Crippen LogP contribution in [-0.2, 0) is 9.53 Å². The van der Waals surface area contributed by atoms with Gasteiger partial charge >= 0.3 is 6.09 Å². The Balaban J connectivity index is 0.00000172. The number of para-hydroxylation sites is 1. The second-order valence-corrected chi connectivity index (χ2v) is 11.1. The van der Waals surface area contributed by atoms with Crippen molar-refractivity contribution in [2.45, 2.75) is 124 Å². The lowest BCUT2D eigenvalue weighted by atomic mass is 9.76. The van der Waals surface area contributed by atoms with Gasteiger partial charge in [-0.15, -0.1) is 0 Å². The molecular formula is C32H56N2O4. The van der Waals surface area contributed by atoms with Crippen LogP contribution in [0.1, 0.15) is 119 Å². The van der Waals surface area contributed by atoms with Crippen LogP contribution in [-0.4, -0.2) is 59.7 Å². The van der Waals surface area contributed by atoms with Crippen molar-refractivity contribution in [1.29, 1.82) is 0 Å². The van der Waals surface area contributed by atoms with E-state index >= 15 is 0 Å². The molecule has 1 spiro atoms. The third-order valence-electron chi connectivity index (χ3n) is 7.39. The molecule has 0 aliphatic carbocycles. The monoisotopic (exact) mass is 532 g/mol. The van der Waals surface area contributed by atoms with Gasteiger partial charge in [-0.25, -0.2) is 4.79 Å². The van der Waals surface area contributed by atoms with Gasteiger partial charge in [0.15, 0.2) is 0 Å². The molecule has 1 aromatic carbocycles. The van der Waals surface area contributed by atoms with Crippen molar-refractivity contribution in [2.24, 2.45) is 5.92 Å². The Labute approximate surface area is 233 Å². The summed E-state index contributed by atoms with van der Waals surface area (Å²) >= 11 is 0. The van der Waals surface area contributed by atoms with Gasteiger partial charge in [0.05, 0.1) is 0 Å². The molecule has 1 unspecified atom stereocenters. The average Bonchev–Trinajstić information content (AvgIpc) is 2.91. The van der Waals surface area contributed by atoms with Crippen molar-refractivity contribution in [3.8, 4) is 5.75 Å². The first-order valence-corrected chi connectivity index (χ1v) is 15.1. The van der Waals surface area contributed by atoms with Gasteiger partial charge in [0.25, 0.3) is 0 Å². The van der Waals surface area contributed by atoms with E-state index < -0.39 is 5.60 Å². The van der Waals surface area contributed by atoms with Gasteiger partial charge in [0.1, 0.15) is 17.0 Å². The number of carbonyl (C=O) groups is 2. The van der Waals surface area contributed by atoms with Crippen LogP contribution >= 0.6 is 0 Å². The molecule has 1 atom stereocenters. The van der Waals surface area contributed by atoms with Crippen molar-refractivity contribution in [2.75, 3.05) is 26.7 Å². The molecule has 0 N–H and O–H groups in total. The Bertz CT molecular complexity index is 836. The summed E-state index contributed by atoms with van der Waals surface area (Å²) in [6.07, 6.45) is 6.14. The van der Waals surface area contributed by atoms with E-state index in [1.54, 1.807) is 0 Å². The van der Waals surface area contributed by atoms with E-state index in [9.17, 15) is 9.59 Å². The summed E-state index contributed by atoms with van der Waals surface area (Å²) in [5.41, 5.74) is 0.548. The molecule has 0 radical (unpaired) electrons. The fourth-order valence-corrected chi connectivity index (χ4v) is 5.37. The van der Waals surface area contributed by atoms with Gasteiger partial charge < -0.3 is 19.3 Å². The molecule has 6 nitrogen and oxygen atoms in total. The van der Waals surface area contributed by atoms with E-state index in [-0.39, 0.29) is 23.5 Å². The highest BCUT2D eigenvalue weighted by Crippen LogP contribution is 2.47. The Morgan fingerprint density at radius 1 is 1.08 bits per heavy atom. The van der Waals surface area contributed by atoms with Crippen LogP contribution in [0.25, 0.3) is 0 Å². The van der Waals surface area contributed by atoms with Crippen LogP contribution in [0.15, 0.2) is 24.3 Å². The van der Waals surface area contributed by atoms with Gasteiger partial charge in [-0.3, -0.25) is 4.79 Å². The zero-order valence-electron chi connectivity index (χ0n) is 26.1. The van der Waals surface area contributed by atoms with E-state index in [0.29, 0.717) is 19.0 Å². The molecule has 3 rings (SSSR count). The fourth-order valence-electron chi connectivity index (χ4n) is 5.37. The fraction of sp³-hybridized carbons (Fsp3) is 0.750. The van der Waals surface area contributed by atoms with Gasteiger partial charge in [0, 0.05) is 45.4 Å². The van der Waals surface area contributed by atoms with Crippen LogP contribution in [0, 0.1) is 5.92 Å². The topological polar surface area (TPSA) is 59.1 Å². The second-order valence-electron chi connectivity index (χ2n) is 11.1. The number of hydrogen-bond acceptors (Lipinski definition) is 4. The zero-order chi connectivity index (χ0) is 28.9. The van der Waals surface area contributed by atoms with Crippen LogP contribution in [0.5, 0.6) is 5.75 Å². The third kappa shape index (κ3) is 9.50. The number of amides is 2. The Morgan fingerprint density at radius 2 is 1.66 bits per heavy atom. The number of nitrogens with zero attached hydrogens (tertiary/aromatic N) is 2. The molecule has 0 aromatic heterocycles. The van der Waals surface area contributed by atoms with E-state index in [0.717, 1.165) is 57.2 Å². The van der Waals surface area contributed by atoms with Gasteiger partial charge in [-0.05, 0) is 70.4 Å². The molecule has 2 aliphatic heterocycles. The minimum atomic E-state index is -0.486. The maximum Gasteiger partial charge on any atom is 0.410 e. The number of piperidine rings is 1. The lowest BCUT2D eigenvalue weighted by Gasteiger charge is -2.47. The molecule has 2 aliphatic rings. The SMILES string of the molecule is CC.CC.CCC(CC)C(=O)N(C)CCCC1CC2(CCN(C(=O)OC(C)(C)C)CC2)Oc2ccccc21. The number of ether oxygens (including phenoxy) is 2. The highest BCUT2D eigenvalue weighted by Gasteiger charge is 2.44. The first-order chi connectivity index (χ1) is 18.1. The van der Waals surface area contributed by atoms with Gasteiger partial charge in [-0.2, -0.15) is 0 Å². The molecule has 1 aromatic rings. The van der Waals surface area contributed by atoms with E-state index in [4.69, 9.17) is 9.47 Å². The first-order valence-electron chi connectivity index (χ1n) is 15.1. The summed E-state index contributed by atoms with van der Waals surface area (Å²) in [5.74, 6) is 1.77. The Morgan fingerprint density at radius 3 is 2.21 bits per heavy atom. The smallest absolute Gasteiger partial charge is 0.410 e. The summed E-state index contributed by atoms with van der Waals surface area (Å²) in [4.78, 5) is 28.9. The maximum atomic E-state index is 12.7. The highest BCUT2D eigenvalue weighted by molar-refractivity contribution is 5.78.